The molecule has 2 N–H and O–H groups in total. The Labute approximate surface area is 141 Å². The van der Waals surface area contributed by atoms with Crippen molar-refractivity contribution in [3.8, 4) is 16.9 Å². The van der Waals surface area contributed by atoms with Crippen molar-refractivity contribution in [2.45, 2.75) is 20.3 Å². The van der Waals surface area contributed by atoms with Crippen LogP contribution in [-0.2, 0) is 0 Å². The third-order valence-corrected chi connectivity index (χ3v) is 4.61. The molecular formula is C18H24N2O2S. The molecule has 0 aliphatic carbocycles. The first-order valence-corrected chi connectivity index (χ1v) is 8.71. The zero-order valence-corrected chi connectivity index (χ0v) is 14.8. The van der Waals surface area contributed by atoms with Gasteiger partial charge in [0.1, 0.15) is 5.75 Å². The quantitative estimate of drug-likeness (QED) is 0.728. The highest BCUT2D eigenvalue weighted by Crippen LogP contribution is 2.31. The number of ether oxygens (including phenoxy) is 1. The molecule has 23 heavy (non-hydrogen) atoms. The number of amides is 1. The third kappa shape index (κ3) is 4.81. The Morgan fingerprint density at radius 2 is 1.91 bits per heavy atom. The average molecular weight is 332 g/mol. The van der Waals surface area contributed by atoms with Crippen molar-refractivity contribution in [1.29, 1.82) is 0 Å². The first kappa shape index (κ1) is 17.5. The van der Waals surface area contributed by atoms with Gasteiger partial charge in [-0.15, -0.1) is 11.3 Å². The van der Waals surface area contributed by atoms with E-state index in [9.17, 15) is 4.79 Å². The minimum atomic E-state index is -0.00356. The number of aryl methyl sites for hydroxylation is 1. The van der Waals surface area contributed by atoms with Gasteiger partial charge in [0.05, 0.1) is 12.0 Å². The maximum absolute atomic E-state index is 12.2. The largest absolute Gasteiger partial charge is 0.497 e. The normalized spacial score (nSPS) is 10.6. The number of nitrogens with one attached hydrogen (secondary N) is 2. The van der Waals surface area contributed by atoms with Crippen LogP contribution in [0.4, 0.5) is 0 Å². The van der Waals surface area contributed by atoms with E-state index in [0.717, 1.165) is 46.1 Å². The van der Waals surface area contributed by atoms with Crippen LogP contribution in [0.1, 0.15) is 27.9 Å². The first-order valence-electron chi connectivity index (χ1n) is 7.89. The average Bonchev–Trinajstić information content (AvgIpc) is 2.96. The van der Waals surface area contributed by atoms with Gasteiger partial charge in [0.15, 0.2) is 0 Å². The Morgan fingerprint density at radius 1 is 1.17 bits per heavy atom. The van der Waals surface area contributed by atoms with Crippen LogP contribution < -0.4 is 15.4 Å². The third-order valence-electron chi connectivity index (χ3n) is 3.56. The standard InChI is InChI=1S/C18H24N2O2S/c1-4-9-19-10-11-20-18(21)17-12-16(13(2)23-17)14-5-7-15(22-3)8-6-14/h5-8,12,19H,4,9-11H2,1-3H3,(H,20,21). The van der Waals surface area contributed by atoms with Crippen LogP contribution in [0.15, 0.2) is 30.3 Å². The van der Waals surface area contributed by atoms with Crippen LogP contribution in [-0.4, -0.2) is 32.7 Å². The number of hydrogen-bond acceptors (Lipinski definition) is 4. The van der Waals surface area contributed by atoms with E-state index in [0.29, 0.717) is 6.54 Å². The molecule has 0 bridgehead atoms. The molecule has 2 aromatic rings. The summed E-state index contributed by atoms with van der Waals surface area (Å²) in [4.78, 5) is 14.1. The van der Waals surface area contributed by atoms with Gasteiger partial charge in [0.2, 0.25) is 0 Å². The van der Waals surface area contributed by atoms with Crippen LogP contribution in [0.3, 0.4) is 0 Å². The van der Waals surface area contributed by atoms with E-state index in [4.69, 9.17) is 4.74 Å². The zero-order chi connectivity index (χ0) is 16.7. The summed E-state index contributed by atoms with van der Waals surface area (Å²) in [5, 5.41) is 6.23. The smallest absolute Gasteiger partial charge is 0.261 e. The lowest BCUT2D eigenvalue weighted by Gasteiger charge is -2.04. The lowest BCUT2D eigenvalue weighted by atomic mass is 10.1. The second-order valence-corrected chi connectivity index (χ2v) is 6.57. The van der Waals surface area contributed by atoms with Crippen molar-refractivity contribution < 1.29 is 9.53 Å². The molecule has 0 aliphatic heterocycles. The summed E-state index contributed by atoms with van der Waals surface area (Å²) < 4.78 is 5.18. The Kier molecular flexibility index (Phi) is 6.62. The highest BCUT2D eigenvalue weighted by atomic mass is 32.1. The van der Waals surface area contributed by atoms with Gasteiger partial charge in [0.25, 0.3) is 5.91 Å². The molecule has 0 saturated carbocycles. The predicted molar refractivity (Wildman–Crippen MR) is 96.5 cm³/mol. The fraction of sp³-hybridized carbons (Fsp3) is 0.389. The molecule has 0 unspecified atom stereocenters. The highest BCUT2D eigenvalue weighted by molar-refractivity contribution is 7.14. The molecular weight excluding hydrogens is 308 g/mol. The van der Waals surface area contributed by atoms with Gasteiger partial charge >= 0.3 is 0 Å². The topological polar surface area (TPSA) is 50.4 Å². The monoisotopic (exact) mass is 332 g/mol. The zero-order valence-electron chi connectivity index (χ0n) is 13.9. The molecule has 1 amide bonds. The van der Waals surface area contributed by atoms with E-state index in [1.54, 1.807) is 7.11 Å². The number of carbonyl (C=O) groups is 1. The van der Waals surface area contributed by atoms with Gasteiger partial charge in [-0.1, -0.05) is 19.1 Å². The lowest BCUT2D eigenvalue weighted by Crippen LogP contribution is -2.31. The number of thiophene rings is 1. The van der Waals surface area contributed by atoms with Gasteiger partial charge in [0, 0.05) is 18.0 Å². The molecule has 5 heteroatoms. The SMILES string of the molecule is CCCNCCNC(=O)c1cc(-c2ccc(OC)cc2)c(C)s1. The van der Waals surface area contributed by atoms with Gasteiger partial charge in [-0.2, -0.15) is 0 Å². The Hall–Kier alpha value is -1.85. The fourth-order valence-electron chi connectivity index (χ4n) is 2.30. The van der Waals surface area contributed by atoms with Gasteiger partial charge in [-0.25, -0.2) is 0 Å². The lowest BCUT2D eigenvalue weighted by molar-refractivity contribution is 0.0958. The van der Waals surface area contributed by atoms with Crippen molar-refractivity contribution in [2.75, 3.05) is 26.7 Å². The highest BCUT2D eigenvalue weighted by Gasteiger charge is 2.13. The summed E-state index contributed by atoms with van der Waals surface area (Å²) in [6, 6.07) is 9.88. The molecule has 1 aromatic heterocycles. The van der Waals surface area contributed by atoms with E-state index < -0.39 is 0 Å². The van der Waals surface area contributed by atoms with E-state index in [-0.39, 0.29) is 5.91 Å². The second-order valence-electron chi connectivity index (χ2n) is 5.31. The molecule has 0 spiro atoms. The Bertz CT molecular complexity index is 635. The van der Waals surface area contributed by atoms with Crippen molar-refractivity contribution >= 4 is 17.2 Å². The van der Waals surface area contributed by atoms with Crippen LogP contribution >= 0.6 is 11.3 Å². The van der Waals surface area contributed by atoms with Gasteiger partial charge in [-0.3, -0.25) is 4.79 Å². The van der Waals surface area contributed by atoms with E-state index in [1.165, 1.54) is 11.3 Å². The second kappa shape index (κ2) is 8.70. The van der Waals surface area contributed by atoms with Crippen LogP contribution in [0.25, 0.3) is 11.1 Å². The van der Waals surface area contributed by atoms with E-state index in [1.807, 2.05) is 37.3 Å². The summed E-state index contributed by atoms with van der Waals surface area (Å²) in [6.07, 6.45) is 1.10. The van der Waals surface area contributed by atoms with Crippen molar-refractivity contribution in [3.63, 3.8) is 0 Å². The molecule has 0 aliphatic rings. The molecule has 1 heterocycles. The molecule has 124 valence electrons. The molecule has 4 nitrogen and oxygen atoms in total. The van der Waals surface area contributed by atoms with Gasteiger partial charge in [-0.05, 0) is 49.2 Å². The summed E-state index contributed by atoms with van der Waals surface area (Å²) in [5.74, 6) is 0.829. The first-order chi connectivity index (χ1) is 11.2. The maximum atomic E-state index is 12.2. The molecule has 0 saturated heterocycles. The van der Waals surface area contributed by atoms with Crippen LogP contribution in [0, 0.1) is 6.92 Å². The number of rotatable bonds is 8. The number of methoxy groups -OCH3 is 1. The van der Waals surface area contributed by atoms with Crippen molar-refractivity contribution in [2.24, 2.45) is 0 Å². The molecule has 0 fully saturated rings. The van der Waals surface area contributed by atoms with Crippen molar-refractivity contribution in [3.05, 3.63) is 40.1 Å². The molecule has 2 rings (SSSR count). The van der Waals surface area contributed by atoms with Gasteiger partial charge < -0.3 is 15.4 Å². The van der Waals surface area contributed by atoms with E-state index in [2.05, 4.69) is 17.6 Å². The number of benzene rings is 1. The summed E-state index contributed by atoms with van der Waals surface area (Å²) in [7, 11) is 1.66. The number of carbonyl (C=O) groups excluding carboxylic acids is 1. The summed E-state index contributed by atoms with van der Waals surface area (Å²) in [6.45, 7) is 6.60. The van der Waals surface area contributed by atoms with Crippen LogP contribution in [0.2, 0.25) is 0 Å². The molecule has 0 radical (unpaired) electrons. The molecule has 0 atom stereocenters. The Morgan fingerprint density at radius 3 is 2.57 bits per heavy atom. The summed E-state index contributed by atoms with van der Waals surface area (Å²) >= 11 is 1.53. The van der Waals surface area contributed by atoms with E-state index >= 15 is 0 Å². The minimum absolute atomic E-state index is 0.00356. The molecule has 1 aromatic carbocycles. The van der Waals surface area contributed by atoms with Crippen LogP contribution in [0.5, 0.6) is 5.75 Å². The maximum Gasteiger partial charge on any atom is 0.261 e. The Balaban J connectivity index is 2.00. The minimum Gasteiger partial charge on any atom is -0.497 e. The summed E-state index contributed by atoms with van der Waals surface area (Å²) in [5.41, 5.74) is 2.20. The predicted octanol–water partition coefficient (Wildman–Crippen LogP) is 3.46. The fourth-order valence-corrected chi connectivity index (χ4v) is 3.26. The number of hydrogen-bond donors (Lipinski definition) is 2. The van der Waals surface area contributed by atoms with Crippen molar-refractivity contribution in [1.82, 2.24) is 10.6 Å².